The molecule has 3 atom stereocenters. The fraction of sp³-hybridized carbons (Fsp3) is 1.00. The van der Waals surface area contributed by atoms with Crippen LogP contribution in [0.3, 0.4) is 0 Å². The largest absolute Gasteiger partial charge is 0.353 e. The maximum absolute atomic E-state index is 6.01. The number of piperidine rings is 1. The predicted molar refractivity (Wildman–Crippen MR) is 67.7 cm³/mol. The molecule has 0 saturated carbocycles. The van der Waals surface area contributed by atoms with Crippen molar-refractivity contribution in [2.75, 3.05) is 32.8 Å². The smallest absolute Gasteiger partial charge is 0.157 e. The average Bonchev–Trinajstić information content (AvgIpc) is 2.35. The van der Waals surface area contributed by atoms with Crippen LogP contribution >= 0.6 is 0 Å². The summed E-state index contributed by atoms with van der Waals surface area (Å²) in [4.78, 5) is 2.46. The van der Waals surface area contributed by atoms with E-state index in [2.05, 4.69) is 11.8 Å². The van der Waals surface area contributed by atoms with Crippen LogP contribution in [0, 0.1) is 5.92 Å². The summed E-state index contributed by atoms with van der Waals surface area (Å²) in [7, 11) is 0. The maximum Gasteiger partial charge on any atom is 0.157 e. The van der Waals surface area contributed by atoms with E-state index in [1.54, 1.807) is 0 Å². The fourth-order valence-corrected chi connectivity index (χ4v) is 2.61. The molecule has 2 fully saturated rings. The number of nitrogens with two attached hydrogens (primary N) is 1. The Morgan fingerprint density at radius 2 is 2.24 bits per heavy atom. The lowest BCUT2D eigenvalue weighted by molar-refractivity contribution is -0.164. The van der Waals surface area contributed by atoms with Gasteiger partial charge in [0.15, 0.2) is 6.29 Å². The molecule has 0 bridgehead atoms. The third kappa shape index (κ3) is 4.21. The Kier molecular flexibility index (Phi) is 5.22. The van der Waals surface area contributed by atoms with Crippen molar-refractivity contribution in [1.29, 1.82) is 0 Å². The van der Waals surface area contributed by atoms with Crippen LogP contribution in [0.15, 0.2) is 0 Å². The molecule has 2 N–H and O–H groups in total. The van der Waals surface area contributed by atoms with E-state index < -0.39 is 0 Å². The Morgan fingerprint density at radius 1 is 1.35 bits per heavy atom. The molecule has 0 amide bonds. The first-order valence-corrected chi connectivity index (χ1v) is 6.97. The zero-order chi connectivity index (χ0) is 12.1. The van der Waals surface area contributed by atoms with Gasteiger partial charge in [-0.3, -0.25) is 0 Å². The van der Waals surface area contributed by atoms with Crippen molar-refractivity contribution >= 4 is 0 Å². The quantitative estimate of drug-likeness (QED) is 0.804. The number of rotatable bonds is 4. The molecular formula is C13H26N2O2. The molecule has 100 valence electrons. The number of likely N-dealkylation sites (tertiary alicyclic amines) is 1. The molecule has 2 saturated heterocycles. The average molecular weight is 242 g/mol. The predicted octanol–water partition coefficient (Wildman–Crippen LogP) is 1.20. The number of hydrogen-bond acceptors (Lipinski definition) is 4. The molecule has 0 aromatic heterocycles. The van der Waals surface area contributed by atoms with E-state index in [0.717, 1.165) is 45.7 Å². The Bertz CT molecular complexity index is 219. The van der Waals surface area contributed by atoms with Gasteiger partial charge in [-0.15, -0.1) is 0 Å². The molecule has 0 spiro atoms. The van der Waals surface area contributed by atoms with Gasteiger partial charge in [0, 0.05) is 25.7 Å². The summed E-state index contributed by atoms with van der Waals surface area (Å²) in [5.41, 5.74) is 6.01. The topological polar surface area (TPSA) is 47.7 Å². The summed E-state index contributed by atoms with van der Waals surface area (Å²) in [6, 6.07) is 0.383. The first-order chi connectivity index (χ1) is 8.25. The zero-order valence-electron chi connectivity index (χ0n) is 10.9. The molecule has 2 aliphatic rings. The van der Waals surface area contributed by atoms with E-state index in [4.69, 9.17) is 15.2 Å². The van der Waals surface area contributed by atoms with E-state index in [1.165, 1.54) is 12.8 Å². The molecule has 2 heterocycles. The number of nitrogens with zero attached hydrogens (tertiary/aromatic N) is 1. The van der Waals surface area contributed by atoms with Gasteiger partial charge < -0.3 is 20.1 Å². The van der Waals surface area contributed by atoms with Gasteiger partial charge >= 0.3 is 0 Å². The highest BCUT2D eigenvalue weighted by atomic mass is 16.7. The summed E-state index contributed by atoms with van der Waals surface area (Å²) in [6.07, 6.45) is 4.64. The van der Waals surface area contributed by atoms with Crippen molar-refractivity contribution in [3.05, 3.63) is 0 Å². The standard InChI is InChI=1S/C13H26N2O2/c1-11-10-15(6-5-12(11)14)7-9-17-13-4-2-3-8-16-13/h11-13H,2-10,14H2,1H3. The van der Waals surface area contributed by atoms with Crippen LogP contribution in [-0.2, 0) is 9.47 Å². The van der Waals surface area contributed by atoms with Crippen LogP contribution in [0.4, 0.5) is 0 Å². The summed E-state index contributed by atoms with van der Waals surface area (Å²) < 4.78 is 11.3. The highest BCUT2D eigenvalue weighted by Gasteiger charge is 2.23. The lowest BCUT2D eigenvalue weighted by Gasteiger charge is -2.35. The second-order valence-electron chi connectivity index (χ2n) is 5.40. The van der Waals surface area contributed by atoms with E-state index >= 15 is 0 Å². The summed E-state index contributed by atoms with van der Waals surface area (Å²) in [5.74, 6) is 0.606. The highest BCUT2D eigenvalue weighted by molar-refractivity contribution is 4.79. The van der Waals surface area contributed by atoms with Crippen LogP contribution in [-0.4, -0.2) is 50.1 Å². The van der Waals surface area contributed by atoms with Gasteiger partial charge in [-0.25, -0.2) is 0 Å². The van der Waals surface area contributed by atoms with Crippen LogP contribution < -0.4 is 5.73 Å². The minimum atomic E-state index is 0.0493. The van der Waals surface area contributed by atoms with Gasteiger partial charge in [-0.1, -0.05) is 6.92 Å². The van der Waals surface area contributed by atoms with Gasteiger partial charge in [0.2, 0.25) is 0 Å². The molecule has 2 rings (SSSR count). The summed E-state index contributed by atoms with van der Waals surface area (Å²) in [5, 5.41) is 0. The van der Waals surface area contributed by atoms with Crippen molar-refractivity contribution in [2.45, 2.75) is 44.9 Å². The summed E-state index contributed by atoms with van der Waals surface area (Å²) >= 11 is 0. The lowest BCUT2D eigenvalue weighted by atomic mass is 9.95. The van der Waals surface area contributed by atoms with Crippen molar-refractivity contribution in [2.24, 2.45) is 11.7 Å². The Balaban J connectivity index is 1.58. The van der Waals surface area contributed by atoms with E-state index in [-0.39, 0.29) is 6.29 Å². The van der Waals surface area contributed by atoms with Crippen LogP contribution in [0.2, 0.25) is 0 Å². The molecule has 4 heteroatoms. The fourth-order valence-electron chi connectivity index (χ4n) is 2.61. The molecule has 0 aromatic carbocycles. The van der Waals surface area contributed by atoms with Gasteiger partial charge in [0.25, 0.3) is 0 Å². The monoisotopic (exact) mass is 242 g/mol. The third-order valence-electron chi connectivity index (χ3n) is 3.90. The molecular weight excluding hydrogens is 216 g/mol. The molecule has 0 aromatic rings. The van der Waals surface area contributed by atoms with Crippen LogP contribution in [0.25, 0.3) is 0 Å². The lowest BCUT2D eigenvalue weighted by Crippen LogP contribution is -2.47. The molecule has 3 unspecified atom stereocenters. The second kappa shape index (κ2) is 6.69. The maximum atomic E-state index is 6.01. The van der Waals surface area contributed by atoms with E-state index in [9.17, 15) is 0 Å². The minimum Gasteiger partial charge on any atom is -0.353 e. The minimum absolute atomic E-state index is 0.0493. The van der Waals surface area contributed by atoms with E-state index in [1.807, 2.05) is 0 Å². The molecule has 0 aliphatic carbocycles. The SMILES string of the molecule is CC1CN(CCOC2CCCCO2)CCC1N. The molecule has 17 heavy (non-hydrogen) atoms. The van der Waals surface area contributed by atoms with Crippen molar-refractivity contribution in [3.8, 4) is 0 Å². The van der Waals surface area contributed by atoms with Crippen molar-refractivity contribution in [3.63, 3.8) is 0 Å². The Labute approximate surface area is 104 Å². The van der Waals surface area contributed by atoms with Crippen LogP contribution in [0.5, 0.6) is 0 Å². The van der Waals surface area contributed by atoms with Gasteiger partial charge in [-0.2, -0.15) is 0 Å². The Morgan fingerprint density at radius 3 is 2.94 bits per heavy atom. The zero-order valence-corrected chi connectivity index (χ0v) is 10.9. The molecule has 2 aliphatic heterocycles. The van der Waals surface area contributed by atoms with Crippen LogP contribution in [0.1, 0.15) is 32.6 Å². The Hall–Kier alpha value is -0.160. The third-order valence-corrected chi connectivity index (χ3v) is 3.90. The summed E-state index contributed by atoms with van der Waals surface area (Å²) in [6.45, 7) is 7.11. The molecule has 0 radical (unpaired) electrons. The van der Waals surface area contributed by atoms with E-state index in [0.29, 0.717) is 12.0 Å². The van der Waals surface area contributed by atoms with Crippen molar-refractivity contribution in [1.82, 2.24) is 4.90 Å². The normalized spacial score (nSPS) is 36.0. The van der Waals surface area contributed by atoms with Crippen molar-refractivity contribution < 1.29 is 9.47 Å². The highest BCUT2D eigenvalue weighted by Crippen LogP contribution is 2.16. The molecule has 4 nitrogen and oxygen atoms in total. The number of ether oxygens (including phenoxy) is 2. The first-order valence-electron chi connectivity index (χ1n) is 6.97. The van der Waals surface area contributed by atoms with Gasteiger partial charge in [0.05, 0.1) is 6.61 Å². The first kappa shape index (κ1) is 13.3. The second-order valence-corrected chi connectivity index (χ2v) is 5.40. The van der Waals surface area contributed by atoms with Gasteiger partial charge in [-0.05, 0) is 38.1 Å². The van der Waals surface area contributed by atoms with Gasteiger partial charge in [0.1, 0.15) is 0 Å². The number of hydrogen-bond donors (Lipinski definition) is 1.